The standard InChI is InChI=1S/C49H92O5/c1-4-7-10-13-16-18-20-22-24-25-27-28-30-32-34-36-39-42-48(50)53-46-47(45-52-44-41-38-15-12-9-6-3)54-49(51)43-40-37-35-33-31-29-26-23-21-19-17-14-11-8-5-2/h16,18,22,24,47H,4-15,17,19-21,23,25-46H2,1-3H3/b18-16-,24-22-. The first-order valence-electron chi connectivity index (χ1n) is 23.9. The number of rotatable bonds is 44. The van der Waals surface area contributed by atoms with Gasteiger partial charge in [0.25, 0.3) is 0 Å². The lowest BCUT2D eigenvalue weighted by Crippen LogP contribution is -2.30. The van der Waals surface area contributed by atoms with Crippen LogP contribution in [0.4, 0.5) is 0 Å². The molecule has 1 atom stereocenters. The average molecular weight is 761 g/mol. The van der Waals surface area contributed by atoms with E-state index in [1.54, 1.807) is 0 Å². The van der Waals surface area contributed by atoms with E-state index in [-0.39, 0.29) is 18.5 Å². The molecule has 0 aromatic rings. The van der Waals surface area contributed by atoms with E-state index < -0.39 is 6.10 Å². The molecule has 0 heterocycles. The predicted octanol–water partition coefficient (Wildman–Crippen LogP) is 15.7. The maximum absolute atomic E-state index is 12.7. The topological polar surface area (TPSA) is 61.8 Å². The largest absolute Gasteiger partial charge is 0.462 e. The van der Waals surface area contributed by atoms with Crippen molar-refractivity contribution in [2.45, 2.75) is 258 Å². The first kappa shape index (κ1) is 52.4. The van der Waals surface area contributed by atoms with Crippen LogP contribution < -0.4 is 0 Å². The molecule has 0 fully saturated rings. The monoisotopic (exact) mass is 761 g/mol. The molecule has 0 aliphatic carbocycles. The lowest BCUT2D eigenvalue weighted by atomic mass is 10.0. The van der Waals surface area contributed by atoms with Crippen molar-refractivity contribution in [3.63, 3.8) is 0 Å². The van der Waals surface area contributed by atoms with Gasteiger partial charge >= 0.3 is 11.9 Å². The van der Waals surface area contributed by atoms with Gasteiger partial charge < -0.3 is 14.2 Å². The van der Waals surface area contributed by atoms with Gasteiger partial charge in [-0.3, -0.25) is 9.59 Å². The van der Waals surface area contributed by atoms with Crippen molar-refractivity contribution >= 4 is 11.9 Å². The number of hydrogen-bond acceptors (Lipinski definition) is 5. The summed E-state index contributed by atoms with van der Waals surface area (Å²) in [6, 6.07) is 0. The van der Waals surface area contributed by atoms with Crippen LogP contribution in [0.25, 0.3) is 0 Å². The Morgan fingerprint density at radius 3 is 1.26 bits per heavy atom. The maximum Gasteiger partial charge on any atom is 0.306 e. The quantitative estimate of drug-likeness (QED) is 0.0352. The predicted molar refractivity (Wildman–Crippen MR) is 233 cm³/mol. The molecular weight excluding hydrogens is 669 g/mol. The van der Waals surface area contributed by atoms with Crippen molar-refractivity contribution in [2.75, 3.05) is 19.8 Å². The van der Waals surface area contributed by atoms with E-state index in [1.165, 1.54) is 167 Å². The molecule has 0 aliphatic heterocycles. The van der Waals surface area contributed by atoms with Crippen molar-refractivity contribution in [1.29, 1.82) is 0 Å². The number of unbranched alkanes of at least 4 members (excludes halogenated alkanes) is 29. The minimum atomic E-state index is -0.528. The molecule has 0 bridgehead atoms. The highest BCUT2D eigenvalue weighted by Crippen LogP contribution is 2.15. The van der Waals surface area contributed by atoms with Crippen LogP contribution in [0.2, 0.25) is 0 Å². The molecule has 5 heteroatoms. The molecule has 54 heavy (non-hydrogen) atoms. The van der Waals surface area contributed by atoms with Crippen molar-refractivity contribution in [2.24, 2.45) is 0 Å². The molecule has 0 aromatic carbocycles. The molecule has 0 aromatic heterocycles. The summed E-state index contributed by atoms with van der Waals surface area (Å²) < 4.78 is 17.2. The van der Waals surface area contributed by atoms with Crippen LogP contribution in [0.5, 0.6) is 0 Å². The van der Waals surface area contributed by atoms with E-state index in [4.69, 9.17) is 14.2 Å². The Kier molecular flexibility index (Phi) is 44.4. The van der Waals surface area contributed by atoms with E-state index in [0.29, 0.717) is 26.1 Å². The summed E-state index contributed by atoms with van der Waals surface area (Å²) in [5.74, 6) is -0.396. The van der Waals surface area contributed by atoms with Crippen LogP contribution in [0.15, 0.2) is 24.3 Å². The van der Waals surface area contributed by atoms with E-state index in [1.807, 2.05) is 0 Å². The van der Waals surface area contributed by atoms with Crippen LogP contribution in [-0.2, 0) is 23.8 Å². The van der Waals surface area contributed by atoms with Gasteiger partial charge in [0.2, 0.25) is 0 Å². The fourth-order valence-corrected chi connectivity index (χ4v) is 6.89. The first-order valence-corrected chi connectivity index (χ1v) is 23.9. The second-order valence-corrected chi connectivity index (χ2v) is 16.0. The second-order valence-electron chi connectivity index (χ2n) is 16.0. The van der Waals surface area contributed by atoms with Gasteiger partial charge in [-0.1, -0.05) is 212 Å². The Labute approximate surface area is 337 Å². The van der Waals surface area contributed by atoms with E-state index in [2.05, 4.69) is 45.1 Å². The fourth-order valence-electron chi connectivity index (χ4n) is 6.89. The molecule has 0 spiro atoms. The molecule has 318 valence electrons. The lowest BCUT2D eigenvalue weighted by Gasteiger charge is -2.18. The minimum absolute atomic E-state index is 0.0869. The van der Waals surface area contributed by atoms with Crippen molar-refractivity contribution in [3.05, 3.63) is 24.3 Å². The molecule has 1 unspecified atom stereocenters. The highest BCUT2D eigenvalue weighted by atomic mass is 16.6. The summed E-state index contributed by atoms with van der Waals surface area (Å²) in [6.07, 6.45) is 51.8. The third kappa shape index (κ3) is 43.1. The normalized spacial score (nSPS) is 12.3. The van der Waals surface area contributed by atoms with Crippen LogP contribution >= 0.6 is 0 Å². The Bertz CT molecular complexity index is 821. The Morgan fingerprint density at radius 1 is 0.407 bits per heavy atom. The van der Waals surface area contributed by atoms with Crippen LogP contribution in [0.3, 0.4) is 0 Å². The summed E-state index contributed by atoms with van der Waals surface area (Å²) in [6.45, 7) is 7.79. The fraction of sp³-hybridized carbons (Fsp3) is 0.878. The molecule has 0 saturated carbocycles. The van der Waals surface area contributed by atoms with Gasteiger partial charge in [0.1, 0.15) is 6.61 Å². The van der Waals surface area contributed by atoms with E-state index in [0.717, 1.165) is 51.4 Å². The number of ether oxygens (including phenoxy) is 3. The smallest absolute Gasteiger partial charge is 0.306 e. The zero-order valence-corrected chi connectivity index (χ0v) is 36.5. The number of allylic oxidation sites excluding steroid dienone is 4. The lowest BCUT2D eigenvalue weighted by molar-refractivity contribution is -0.163. The molecule has 5 nitrogen and oxygen atoms in total. The average Bonchev–Trinajstić information content (AvgIpc) is 3.17. The van der Waals surface area contributed by atoms with Crippen molar-refractivity contribution in [3.8, 4) is 0 Å². The second kappa shape index (κ2) is 45.8. The number of carbonyl (C=O) groups is 2. The van der Waals surface area contributed by atoms with E-state index in [9.17, 15) is 9.59 Å². The summed E-state index contributed by atoms with van der Waals surface area (Å²) in [7, 11) is 0. The van der Waals surface area contributed by atoms with Crippen molar-refractivity contribution < 1.29 is 23.8 Å². The highest BCUT2D eigenvalue weighted by Gasteiger charge is 2.17. The zero-order chi connectivity index (χ0) is 39.3. The Hall–Kier alpha value is -1.62. The van der Waals surface area contributed by atoms with Gasteiger partial charge in [0.05, 0.1) is 6.61 Å². The molecule has 0 saturated heterocycles. The molecule has 0 rings (SSSR count). The van der Waals surface area contributed by atoms with Crippen molar-refractivity contribution in [1.82, 2.24) is 0 Å². The van der Waals surface area contributed by atoms with E-state index >= 15 is 0 Å². The van der Waals surface area contributed by atoms with Gasteiger partial charge in [-0.05, 0) is 51.4 Å². The maximum atomic E-state index is 12.7. The third-order valence-electron chi connectivity index (χ3n) is 10.5. The Balaban J connectivity index is 4.08. The Morgan fingerprint density at radius 2 is 0.778 bits per heavy atom. The summed E-state index contributed by atoms with van der Waals surface area (Å²) in [4.78, 5) is 25.2. The van der Waals surface area contributed by atoms with Gasteiger partial charge in [-0.25, -0.2) is 0 Å². The number of esters is 2. The first-order chi connectivity index (χ1) is 26.6. The third-order valence-corrected chi connectivity index (χ3v) is 10.5. The zero-order valence-electron chi connectivity index (χ0n) is 36.5. The van der Waals surface area contributed by atoms with Crippen LogP contribution in [-0.4, -0.2) is 37.9 Å². The molecule has 0 amide bonds. The summed E-state index contributed by atoms with van der Waals surface area (Å²) in [5.41, 5.74) is 0. The highest BCUT2D eigenvalue weighted by molar-refractivity contribution is 5.70. The summed E-state index contributed by atoms with van der Waals surface area (Å²) in [5, 5.41) is 0. The molecule has 0 N–H and O–H groups in total. The van der Waals surface area contributed by atoms with Crippen LogP contribution in [0.1, 0.15) is 252 Å². The van der Waals surface area contributed by atoms with Crippen LogP contribution in [0, 0.1) is 0 Å². The molecule has 0 aliphatic rings. The SMILES string of the molecule is CCCCC/C=C\C/C=C\CCCCCCCCCC(=O)OCC(COCCCCCCCC)OC(=O)CCCCCCCCCCCCCCCCC. The number of hydrogen-bond donors (Lipinski definition) is 0. The minimum Gasteiger partial charge on any atom is -0.462 e. The number of carbonyl (C=O) groups excluding carboxylic acids is 2. The molecular formula is C49H92O5. The summed E-state index contributed by atoms with van der Waals surface area (Å²) >= 11 is 0. The van der Waals surface area contributed by atoms with Gasteiger partial charge in [0, 0.05) is 19.4 Å². The van der Waals surface area contributed by atoms with Gasteiger partial charge in [-0.15, -0.1) is 0 Å². The van der Waals surface area contributed by atoms with Gasteiger partial charge in [-0.2, -0.15) is 0 Å². The van der Waals surface area contributed by atoms with Gasteiger partial charge in [0.15, 0.2) is 6.10 Å². The molecule has 0 radical (unpaired) electrons.